The zero-order valence-corrected chi connectivity index (χ0v) is 20.6. The van der Waals surface area contributed by atoms with Gasteiger partial charge in [0.2, 0.25) is 0 Å². The molecule has 1 unspecified atom stereocenters. The third kappa shape index (κ3) is 8.46. The average molecular weight is 576 g/mol. The van der Waals surface area contributed by atoms with Gasteiger partial charge in [0.1, 0.15) is 0 Å². The lowest BCUT2D eigenvalue weighted by atomic mass is 10.1. The summed E-state index contributed by atoms with van der Waals surface area (Å²) in [4.78, 5) is 22.3. The maximum absolute atomic E-state index is 12.7. The summed E-state index contributed by atoms with van der Waals surface area (Å²) in [5.74, 6) is 0.458. The van der Waals surface area contributed by atoms with Gasteiger partial charge in [-0.15, -0.1) is 24.0 Å². The molecule has 1 amide bonds. The number of aliphatic imine (C=N–C) groups is 1. The SMILES string of the molecule is CN=C(NCCNC(=O)c1cccnc1)NC1CCN(Cc2ccc(C(F)(F)F)cc2)C1.I. The fourth-order valence-corrected chi connectivity index (χ4v) is 3.50. The molecule has 1 aromatic heterocycles. The van der Waals surface area contributed by atoms with E-state index in [1.807, 2.05) is 0 Å². The topological polar surface area (TPSA) is 81.6 Å². The van der Waals surface area contributed by atoms with Gasteiger partial charge in [-0.05, 0) is 36.2 Å². The highest BCUT2D eigenvalue weighted by molar-refractivity contribution is 14.0. The van der Waals surface area contributed by atoms with Crippen LogP contribution in [0.25, 0.3) is 0 Å². The molecule has 0 bridgehead atoms. The molecule has 1 atom stereocenters. The van der Waals surface area contributed by atoms with Gasteiger partial charge in [0.05, 0.1) is 11.1 Å². The van der Waals surface area contributed by atoms with Crippen molar-refractivity contribution < 1.29 is 18.0 Å². The summed E-state index contributed by atoms with van der Waals surface area (Å²) in [6.45, 7) is 3.14. The Morgan fingerprint density at radius 3 is 2.55 bits per heavy atom. The number of amides is 1. The minimum Gasteiger partial charge on any atom is -0.355 e. The fourth-order valence-electron chi connectivity index (χ4n) is 3.50. The number of nitrogens with one attached hydrogen (secondary N) is 3. The Labute approximate surface area is 208 Å². The number of nitrogens with zero attached hydrogens (tertiary/aromatic N) is 3. The van der Waals surface area contributed by atoms with Crippen molar-refractivity contribution in [3.8, 4) is 0 Å². The molecular weight excluding hydrogens is 548 g/mol. The van der Waals surface area contributed by atoms with E-state index in [0.29, 0.717) is 31.2 Å². The van der Waals surface area contributed by atoms with Crippen LogP contribution < -0.4 is 16.0 Å². The molecule has 11 heteroatoms. The number of hydrogen-bond acceptors (Lipinski definition) is 4. The lowest BCUT2D eigenvalue weighted by Gasteiger charge is -2.19. The standard InChI is InChI=1S/C22H27F3N6O.HI/c1-26-21(29-11-10-28-20(32)17-3-2-9-27-13-17)30-19-8-12-31(15-19)14-16-4-6-18(7-5-16)22(23,24)25;/h2-7,9,13,19H,8,10-12,14-15H2,1H3,(H,28,32)(H2,26,29,30);1H. The van der Waals surface area contributed by atoms with Gasteiger partial charge in [0, 0.05) is 58.2 Å². The molecule has 1 aliphatic rings. The van der Waals surface area contributed by atoms with Gasteiger partial charge in [0.15, 0.2) is 5.96 Å². The van der Waals surface area contributed by atoms with Gasteiger partial charge in [-0.25, -0.2) is 0 Å². The summed E-state index contributed by atoms with van der Waals surface area (Å²) in [5.41, 5.74) is 0.730. The van der Waals surface area contributed by atoms with E-state index in [-0.39, 0.29) is 35.9 Å². The molecule has 0 saturated carbocycles. The number of rotatable bonds is 7. The minimum absolute atomic E-state index is 0. The molecule has 1 aliphatic heterocycles. The molecular formula is C22H28F3IN6O. The van der Waals surface area contributed by atoms with Gasteiger partial charge >= 0.3 is 6.18 Å². The van der Waals surface area contributed by atoms with Crippen molar-refractivity contribution in [2.45, 2.75) is 25.2 Å². The highest BCUT2D eigenvalue weighted by Crippen LogP contribution is 2.29. The van der Waals surface area contributed by atoms with E-state index < -0.39 is 11.7 Å². The summed E-state index contributed by atoms with van der Waals surface area (Å²) in [6.07, 6.45) is -0.286. The van der Waals surface area contributed by atoms with Crippen LogP contribution in [-0.4, -0.2) is 61.0 Å². The highest BCUT2D eigenvalue weighted by atomic mass is 127. The first-order valence-corrected chi connectivity index (χ1v) is 10.4. The van der Waals surface area contributed by atoms with Gasteiger partial charge in [-0.1, -0.05) is 12.1 Å². The summed E-state index contributed by atoms with van der Waals surface area (Å²) < 4.78 is 38.1. The Balaban J connectivity index is 0.00000385. The Morgan fingerprint density at radius 1 is 1.18 bits per heavy atom. The molecule has 0 aliphatic carbocycles. The number of carbonyl (C=O) groups excluding carboxylic acids is 1. The first kappa shape index (κ1) is 26.8. The zero-order chi connectivity index (χ0) is 23.0. The number of hydrogen-bond donors (Lipinski definition) is 3. The number of carbonyl (C=O) groups is 1. The Hall–Kier alpha value is -2.41. The Bertz CT molecular complexity index is 909. The number of halogens is 4. The molecule has 1 fully saturated rings. The van der Waals surface area contributed by atoms with Crippen LogP contribution >= 0.6 is 24.0 Å². The second-order valence-corrected chi connectivity index (χ2v) is 7.56. The van der Waals surface area contributed by atoms with Crippen molar-refractivity contribution in [1.82, 2.24) is 25.8 Å². The number of guanidine groups is 1. The predicted molar refractivity (Wildman–Crippen MR) is 132 cm³/mol. The molecule has 7 nitrogen and oxygen atoms in total. The second-order valence-electron chi connectivity index (χ2n) is 7.56. The van der Waals surface area contributed by atoms with Crippen LogP contribution in [-0.2, 0) is 12.7 Å². The van der Waals surface area contributed by atoms with Gasteiger partial charge < -0.3 is 16.0 Å². The quantitative estimate of drug-likeness (QED) is 0.205. The number of alkyl halides is 3. The minimum atomic E-state index is -4.31. The molecule has 1 saturated heterocycles. The van der Waals surface area contributed by atoms with Gasteiger partial charge in [-0.2, -0.15) is 13.2 Å². The van der Waals surface area contributed by atoms with E-state index in [9.17, 15) is 18.0 Å². The summed E-state index contributed by atoms with van der Waals surface area (Å²) >= 11 is 0. The van der Waals surface area contributed by atoms with Crippen molar-refractivity contribution in [2.75, 3.05) is 33.2 Å². The Morgan fingerprint density at radius 2 is 1.91 bits per heavy atom. The van der Waals surface area contributed by atoms with Crippen LogP contribution in [0.1, 0.15) is 27.9 Å². The number of pyridine rings is 1. The zero-order valence-electron chi connectivity index (χ0n) is 18.2. The average Bonchev–Trinajstić information content (AvgIpc) is 3.22. The van der Waals surface area contributed by atoms with E-state index in [2.05, 4.69) is 30.8 Å². The van der Waals surface area contributed by atoms with Crippen LogP contribution in [0.15, 0.2) is 53.8 Å². The van der Waals surface area contributed by atoms with Crippen molar-refractivity contribution in [1.29, 1.82) is 0 Å². The predicted octanol–water partition coefficient (Wildman–Crippen LogP) is 2.89. The van der Waals surface area contributed by atoms with Crippen LogP contribution in [0.3, 0.4) is 0 Å². The van der Waals surface area contributed by atoms with Crippen LogP contribution in [0, 0.1) is 0 Å². The Kier molecular flexibility index (Phi) is 10.4. The maximum Gasteiger partial charge on any atom is 0.416 e. The molecule has 180 valence electrons. The van der Waals surface area contributed by atoms with Crippen molar-refractivity contribution in [3.05, 3.63) is 65.5 Å². The normalized spacial score (nSPS) is 16.7. The van der Waals surface area contributed by atoms with Crippen molar-refractivity contribution >= 4 is 35.8 Å². The van der Waals surface area contributed by atoms with Gasteiger partial charge in [0.25, 0.3) is 5.91 Å². The second kappa shape index (κ2) is 12.7. The smallest absolute Gasteiger partial charge is 0.355 e. The summed E-state index contributed by atoms with van der Waals surface area (Å²) in [7, 11) is 1.68. The molecule has 2 aromatic rings. The van der Waals surface area contributed by atoms with Crippen LogP contribution in [0.2, 0.25) is 0 Å². The lowest BCUT2D eigenvalue weighted by molar-refractivity contribution is -0.137. The first-order valence-electron chi connectivity index (χ1n) is 10.4. The number of aromatic nitrogens is 1. The van der Waals surface area contributed by atoms with Crippen molar-refractivity contribution in [3.63, 3.8) is 0 Å². The molecule has 33 heavy (non-hydrogen) atoms. The molecule has 2 heterocycles. The van der Waals surface area contributed by atoms with E-state index in [4.69, 9.17) is 0 Å². The van der Waals surface area contributed by atoms with Gasteiger partial charge in [-0.3, -0.25) is 19.7 Å². The molecule has 1 aromatic carbocycles. The largest absolute Gasteiger partial charge is 0.416 e. The van der Waals surface area contributed by atoms with E-state index in [0.717, 1.165) is 37.2 Å². The third-order valence-corrected chi connectivity index (χ3v) is 5.15. The van der Waals surface area contributed by atoms with Crippen LogP contribution in [0.4, 0.5) is 13.2 Å². The van der Waals surface area contributed by atoms with E-state index in [1.165, 1.54) is 18.3 Å². The third-order valence-electron chi connectivity index (χ3n) is 5.15. The fraction of sp³-hybridized carbons (Fsp3) is 0.409. The monoisotopic (exact) mass is 576 g/mol. The number of benzene rings is 1. The lowest BCUT2D eigenvalue weighted by Crippen LogP contribution is -2.46. The maximum atomic E-state index is 12.7. The van der Waals surface area contributed by atoms with Crippen molar-refractivity contribution in [2.24, 2.45) is 4.99 Å². The molecule has 0 spiro atoms. The summed E-state index contributed by atoms with van der Waals surface area (Å²) in [5, 5.41) is 9.34. The first-order chi connectivity index (χ1) is 15.3. The number of likely N-dealkylation sites (tertiary alicyclic amines) is 1. The van der Waals surface area contributed by atoms with E-state index in [1.54, 1.807) is 25.4 Å². The molecule has 3 N–H and O–H groups in total. The van der Waals surface area contributed by atoms with Crippen LogP contribution in [0.5, 0.6) is 0 Å². The highest BCUT2D eigenvalue weighted by Gasteiger charge is 2.30. The summed E-state index contributed by atoms with van der Waals surface area (Å²) in [6, 6.07) is 8.91. The molecule has 0 radical (unpaired) electrons. The molecule has 3 rings (SSSR count). The van der Waals surface area contributed by atoms with E-state index >= 15 is 0 Å².